The molecule has 5 heavy (non-hydrogen) atoms. The first kappa shape index (κ1) is 4.50. The molecule has 0 bridgehead atoms. The van der Waals surface area contributed by atoms with Crippen LogP contribution in [0.5, 0.6) is 0 Å². The highest BCUT2D eigenvalue weighted by Gasteiger charge is 1.56. The second-order valence-electron chi connectivity index (χ2n) is 0.595. The summed E-state index contributed by atoms with van der Waals surface area (Å²) in [7, 11) is 0. The normalized spacial score (nSPS) is 9.80. The molecule has 1 radical (unpaired) electrons. The zero-order valence-corrected chi connectivity index (χ0v) is 2.85. The van der Waals surface area contributed by atoms with Crippen LogP contribution in [0.3, 0.4) is 0 Å². The lowest BCUT2D eigenvalue weighted by molar-refractivity contribution is 0.232. The third kappa shape index (κ3) is 3.50. The van der Waals surface area contributed by atoms with Crippen molar-refractivity contribution >= 4 is 0 Å². The van der Waals surface area contributed by atoms with Gasteiger partial charge in [-0.05, 0) is 12.3 Å². The summed E-state index contributed by atoms with van der Waals surface area (Å²) < 4.78 is 0. The van der Waals surface area contributed by atoms with Crippen molar-refractivity contribution in [1.82, 2.24) is 0 Å². The molecule has 0 aliphatic carbocycles. The summed E-state index contributed by atoms with van der Waals surface area (Å²) in [6.07, 6.45) is 2.59. The molecule has 2 heteroatoms. The standard InChI is InChI=1S/C3H6NO/c4-2-1-3-5/h1-2H,3-4H2/b2-1+. The largest absolute Gasteiger partial charge is 0.405 e. The second kappa shape index (κ2) is 3.50. The molecule has 2 nitrogen and oxygen atoms in total. The van der Waals surface area contributed by atoms with E-state index >= 15 is 0 Å². The van der Waals surface area contributed by atoms with E-state index in [4.69, 9.17) is 5.73 Å². The topological polar surface area (TPSA) is 45.9 Å². The van der Waals surface area contributed by atoms with E-state index in [9.17, 15) is 5.11 Å². The molecule has 0 saturated heterocycles. The molecule has 0 aromatic carbocycles. The molecule has 0 aliphatic rings. The van der Waals surface area contributed by atoms with Gasteiger partial charge in [0, 0.05) is 0 Å². The predicted molar refractivity (Wildman–Crippen MR) is 18.9 cm³/mol. The van der Waals surface area contributed by atoms with Crippen LogP contribution in [0, 0.1) is 0 Å². The molecule has 0 unspecified atom stereocenters. The molecule has 2 N–H and O–H groups in total. The molecule has 0 fully saturated rings. The molecule has 0 aliphatic heterocycles. The van der Waals surface area contributed by atoms with E-state index in [-0.39, 0.29) is 6.61 Å². The summed E-state index contributed by atoms with van der Waals surface area (Å²) in [6, 6.07) is 0. The SMILES string of the molecule is N/C=C/C[O]. The smallest absolute Gasteiger partial charge is 0.102 e. The van der Waals surface area contributed by atoms with E-state index in [1.54, 1.807) is 0 Å². The van der Waals surface area contributed by atoms with Crippen molar-refractivity contribution in [2.24, 2.45) is 5.73 Å². The van der Waals surface area contributed by atoms with Gasteiger partial charge < -0.3 is 5.73 Å². The van der Waals surface area contributed by atoms with Crippen LogP contribution in [-0.4, -0.2) is 6.61 Å². The van der Waals surface area contributed by atoms with Gasteiger partial charge >= 0.3 is 0 Å². The van der Waals surface area contributed by atoms with Crippen molar-refractivity contribution < 1.29 is 5.11 Å². The summed E-state index contributed by atoms with van der Waals surface area (Å²) in [5.41, 5.74) is 4.76. The van der Waals surface area contributed by atoms with E-state index in [2.05, 4.69) is 0 Å². The minimum Gasteiger partial charge on any atom is -0.405 e. The summed E-state index contributed by atoms with van der Waals surface area (Å²) in [5, 5.41) is 9.36. The quantitative estimate of drug-likeness (QED) is 0.461. The zero-order valence-electron chi connectivity index (χ0n) is 2.85. The highest BCUT2D eigenvalue weighted by atomic mass is 16.2. The first-order valence-corrected chi connectivity index (χ1v) is 1.36. The molecule has 29 valence electrons. The Bertz CT molecular complexity index is 33.9. The Morgan fingerprint density at radius 3 is 2.40 bits per heavy atom. The minimum atomic E-state index is -0.212. The summed E-state index contributed by atoms with van der Waals surface area (Å²) >= 11 is 0. The molecular weight excluding hydrogens is 66.0 g/mol. The Labute approximate surface area is 30.9 Å². The first-order valence-electron chi connectivity index (χ1n) is 1.36. The van der Waals surface area contributed by atoms with Crippen molar-refractivity contribution in [3.63, 3.8) is 0 Å². The molecule has 0 aromatic heterocycles. The van der Waals surface area contributed by atoms with E-state index < -0.39 is 0 Å². The highest BCUT2D eigenvalue weighted by molar-refractivity contribution is 4.72. The van der Waals surface area contributed by atoms with Gasteiger partial charge in [0.2, 0.25) is 0 Å². The highest BCUT2D eigenvalue weighted by Crippen LogP contribution is 1.54. The summed E-state index contributed by atoms with van der Waals surface area (Å²) in [5.74, 6) is 0. The molecule has 0 rings (SSSR count). The lowest BCUT2D eigenvalue weighted by Gasteiger charge is -1.63. The van der Waals surface area contributed by atoms with Crippen LogP contribution in [0.2, 0.25) is 0 Å². The van der Waals surface area contributed by atoms with Gasteiger partial charge in [0.1, 0.15) is 6.61 Å². The number of hydrogen-bond acceptors (Lipinski definition) is 1. The first-order chi connectivity index (χ1) is 2.41. The van der Waals surface area contributed by atoms with Crippen LogP contribution in [0.4, 0.5) is 0 Å². The molecule has 0 amide bonds. The molecule has 0 spiro atoms. The maximum absolute atomic E-state index is 9.36. The van der Waals surface area contributed by atoms with E-state index in [0.717, 1.165) is 0 Å². The molecule has 0 atom stereocenters. The van der Waals surface area contributed by atoms with Gasteiger partial charge in [-0.3, -0.25) is 0 Å². The van der Waals surface area contributed by atoms with Crippen LogP contribution in [0.1, 0.15) is 0 Å². The maximum atomic E-state index is 9.36. The fourth-order valence-corrected chi connectivity index (χ4v) is 0.0556. The predicted octanol–water partition coefficient (Wildman–Crippen LogP) is -0.111. The Hall–Kier alpha value is -0.500. The van der Waals surface area contributed by atoms with Crippen LogP contribution in [0.25, 0.3) is 0 Å². The monoisotopic (exact) mass is 72.0 g/mol. The Morgan fingerprint density at radius 2 is 2.40 bits per heavy atom. The fourth-order valence-electron chi connectivity index (χ4n) is 0.0556. The van der Waals surface area contributed by atoms with Gasteiger partial charge in [-0.15, -0.1) is 0 Å². The second-order valence-corrected chi connectivity index (χ2v) is 0.595. The third-order valence-corrected chi connectivity index (χ3v) is 0.232. The van der Waals surface area contributed by atoms with E-state index in [1.807, 2.05) is 0 Å². The minimum absolute atomic E-state index is 0.212. The van der Waals surface area contributed by atoms with Crippen molar-refractivity contribution in [1.29, 1.82) is 0 Å². The van der Waals surface area contributed by atoms with Crippen LogP contribution in [-0.2, 0) is 5.11 Å². The van der Waals surface area contributed by atoms with Gasteiger partial charge in [-0.25, -0.2) is 5.11 Å². The maximum Gasteiger partial charge on any atom is 0.102 e. The van der Waals surface area contributed by atoms with E-state index in [0.29, 0.717) is 0 Å². The van der Waals surface area contributed by atoms with Crippen molar-refractivity contribution in [3.05, 3.63) is 12.3 Å². The van der Waals surface area contributed by atoms with E-state index in [1.165, 1.54) is 12.3 Å². The van der Waals surface area contributed by atoms with Gasteiger partial charge in [-0.1, -0.05) is 0 Å². The molecule has 0 aromatic rings. The summed E-state index contributed by atoms with van der Waals surface area (Å²) in [6.45, 7) is -0.212. The zero-order chi connectivity index (χ0) is 4.12. The molecule has 0 saturated carbocycles. The fraction of sp³-hybridized carbons (Fsp3) is 0.333. The molecule has 0 heterocycles. The van der Waals surface area contributed by atoms with Gasteiger partial charge in [0.15, 0.2) is 0 Å². The number of rotatable bonds is 1. The van der Waals surface area contributed by atoms with Gasteiger partial charge in [0.05, 0.1) is 0 Å². The van der Waals surface area contributed by atoms with Crippen LogP contribution in [0.15, 0.2) is 12.3 Å². The van der Waals surface area contributed by atoms with Crippen molar-refractivity contribution in [3.8, 4) is 0 Å². The average Bonchev–Trinajstić information content (AvgIpc) is 1.41. The lowest BCUT2D eigenvalue weighted by atomic mass is 10.7. The van der Waals surface area contributed by atoms with Crippen LogP contribution >= 0.6 is 0 Å². The third-order valence-electron chi connectivity index (χ3n) is 0.232. The Balaban J connectivity index is 2.62. The Morgan fingerprint density at radius 1 is 1.80 bits per heavy atom. The van der Waals surface area contributed by atoms with Crippen LogP contribution < -0.4 is 5.73 Å². The Kier molecular flexibility index (Phi) is 3.15. The molecular formula is C3H6NO. The lowest BCUT2D eigenvalue weighted by Crippen LogP contribution is -1.76. The van der Waals surface area contributed by atoms with Crippen molar-refractivity contribution in [2.45, 2.75) is 0 Å². The van der Waals surface area contributed by atoms with Gasteiger partial charge in [-0.2, -0.15) is 0 Å². The van der Waals surface area contributed by atoms with Crippen molar-refractivity contribution in [2.75, 3.05) is 6.61 Å². The van der Waals surface area contributed by atoms with Gasteiger partial charge in [0.25, 0.3) is 0 Å². The average molecular weight is 72.1 g/mol. The summed E-state index contributed by atoms with van der Waals surface area (Å²) in [4.78, 5) is 0. The number of nitrogens with two attached hydrogens (primary N) is 1. The number of hydrogen-bond donors (Lipinski definition) is 1.